The minimum Gasteiger partial charge on any atom is -0.347 e. The summed E-state index contributed by atoms with van der Waals surface area (Å²) in [6, 6.07) is 5.29. The smallest absolute Gasteiger partial charge is 0.347 e. The summed E-state index contributed by atoms with van der Waals surface area (Å²) in [7, 11) is 0. The monoisotopic (exact) mass is 324 g/mol. The van der Waals surface area contributed by atoms with Gasteiger partial charge in [0.25, 0.3) is 0 Å². The second-order valence-electron chi connectivity index (χ2n) is 5.51. The van der Waals surface area contributed by atoms with Gasteiger partial charge >= 0.3 is 5.85 Å². The van der Waals surface area contributed by atoms with Crippen LogP contribution in [0, 0.1) is 10.1 Å². The van der Waals surface area contributed by atoms with Gasteiger partial charge in [-0.2, -0.15) is 0 Å². The number of pyridine rings is 1. The molecule has 1 unspecified atom stereocenters. The van der Waals surface area contributed by atoms with Gasteiger partial charge in [0, 0.05) is 25.2 Å². The number of hydrogen-bond acceptors (Lipinski definition) is 6. The van der Waals surface area contributed by atoms with E-state index in [2.05, 4.69) is 4.98 Å². The molecule has 22 heavy (non-hydrogen) atoms. The standard InChI is InChI=1S/C14H17ClN4O3/c15-12-5-3-4-11(16-12)7-9-18-13-6-1-2-8-17(13)10-14(18,20)19(21)22/h3-6,20H,1-2,7-10H2. The molecule has 1 atom stereocenters. The number of fused-ring (bicyclic) bond motifs is 1. The number of halogens is 1. The van der Waals surface area contributed by atoms with E-state index in [1.807, 2.05) is 17.0 Å². The van der Waals surface area contributed by atoms with E-state index >= 15 is 0 Å². The van der Waals surface area contributed by atoms with Crippen molar-refractivity contribution < 1.29 is 10.0 Å². The molecule has 3 rings (SSSR count). The second kappa shape index (κ2) is 5.73. The zero-order valence-corrected chi connectivity index (χ0v) is 12.7. The summed E-state index contributed by atoms with van der Waals surface area (Å²) in [6.45, 7) is 1.04. The average molecular weight is 325 g/mol. The third-order valence-electron chi connectivity index (χ3n) is 4.05. The highest BCUT2D eigenvalue weighted by Gasteiger charge is 2.56. The summed E-state index contributed by atoms with van der Waals surface area (Å²) in [4.78, 5) is 18.3. The van der Waals surface area contributed by atoms with Crippen molar-refractivity contribution in [3.05, 3.63) is 51.1 Å². The predicted octanol–water partition coefficient (Wildman–Crippen LogP) is 1.45. The van der Waals surface area contributed by atoms with E-state index in [1.54, 1.807) is 12.1 Å². The lowest BCUT2D eigenvalue weighted by molar-refractivity contribution is -0.648. The van der Waals surface area contributed by atoms with Crippen LogP contribution in [0.1, 0.15) is 18.5 Å². The quantitative estimate of drug-likeness (QED) is 0.391. The van der Waals surface area contributed by atoms with Gasteiger partial charge in [0.15, 0.2) is 0 Å². The van der Waals surface area contributed by atoms with Crippen LogP contribution in [0.4, 0.5) is 0 Å². The van der Waals surface area contributed by atoms with Crippen molar-refractivity contribution in [1.82, 2.24) is 14.8 Å². The lowest BCUT2D eigenvalue weighted by Gasteiger charge is -2.28. The molecular weight excluding hydrogens is 308 g/mol. The summed E-state index contributed by atoms with van der Waals surface area (Å²) in [5.74, 6) is -1.33. The number of allylic oxidation sites excluding steroid dienone is 1. The fourth-order valence-electron chi connectivity index (χ4n) is 2.99. The molecule has 0 spiro atoms. The van der Waals surface area contributed by atoms with Crippen LogP contribution in [0.2, 0.25) is 5.15 Å². The van der Waals surface area contributed by atoms with E-state index in [0.29, 0.717) is 18.1 Å². The van der Waals surface area contributed by atoms with Crippen molar-refractivity contribution in [2.24, 2.45) is 0 Å². The molecule has 1 aromatic rings. The van der Waals surface area contributed by atoms with Gasteiger partial charge < -0.3 is 10.0 Å². The number of aromatic nitrogens is 1. The van der Waals surface area contributed by atoms with Crippen molar-refractivity contribution in [3.63, 3.8) is 0 Å². The van der Waals surface area contributed by atoms with Gasteiger partial charge in [0.2, 0.25) is 0 Å². The third kappa shape index (κ3) is 2.62. The zero-order valence-electron chi connectivity index (χ0n) is 12.0. The molecular formula is C14H17ClN4O3. The number of rotatable bonds is 4. The van der Waals surface area contributed by atoms with E-state index in [-0.39, 0.29) is 6.54 Å². The van der Waals surface area contributed by atoms with Gasteiger partial charge in [-0.1, -0.05) is 17.7 Å². The van der Waals surface area contributed by atoms with Crippen LogP contribution in [0.25, 0.3) is 0 Å². The first-order valence-corrected chi connectivity index (χ1v) is 7.59. The van der Waals surface area contributed by atoms with Gasteiger partial charge in [0.05, 0.1) is 4.92 Å². The molecule has 0 radical (unpaired) electrons. The Hall–Kier alpha value is -1.86. The van der Waals surface area contributed by atoms with Crippen molar-refractivity contribution >= 4 is 11.6 Å². The maximum atomic E-state index is 11.4. The fourth-order valence-corrected chi connectivity index (χ4v) is 3.17. The van der Waals surface area contributed by atoms with E-state index in [9.17, 15) is 15.2 Å². The summed E-state index contributed by atoms with van der Waals surface area (Å²) in [5, 5.41) is 22.2. The minimum absolute atomic E-state index is 0.00515. The molecule has 1 saturated heterocycles. The van der Waals surface area contributed by atoms with Gasteiger partial charge in [-0.05, 0) is 31.1 Å². The Balaban J connectivity index is 1.82. The molecule has 0 bridgehead atoms. The van der Waals surface area contributed by atoms with Gasteiger partial charge in [-0.15, -0.1) is 0 Å². The van der Waals surface area contributed by atoms with Crippen LogP contribution in [0.15, 0.2) is 30.1 Å². The van der Waals surface area contributed by atoms with Crippen LogP contribution >= 0.6 is 11.6 Å². The molecule has 0 aromatic carbocycles. The lowest BCUT2D eigenvalue weighted by Crippen LogP contribution is -2.52. The van der Waals surface area contributed by atoms with E-state index in [4.69, 9.17) is 11.6 Å². The Labute approximate surface area is 133 Å². The second-order valence-corrected chi connectivity index (χ2v) is 5.90. The Bertz CT molecular complexity index is 624. The summed E-state index contributed by atoms with van der Waals surface area (Å²) < 4.78 is 0. The maximum absolute atomic E-state index is 11.4. The Morgan fingerprint density at radius 1 is 1.50 bits per heavy atom. The molecule has 1 fully saturated rings. The van der Waals surface area contributed by atoms with E-state index in [0.717, 1.165) is 30.9 Å². The van der Waals surface area contributed by atoms with Crippen LogP contribution in [0.3, 0.4) is 0 Å². The third-order valence-corrected chi connectivity index (χ3v) is 4.26. The molecule has 2 aliphatic rings. The van der Waals surface area contributed by atoms with Gasteiger partial charge in [0.1, 0.15) is 17.5 Å². The molecule has 0 saturated carbocycles. The Morgan fingerprint density at radius 2 is 2.32 bits per heavy atom. The topological polar surface area (TPSA) is 82.7 Å². The molecule has 7 nitrogen and oxygen atoms in total. The molecule has 1 N–H and O–H groups in total. The van der Waals surface area contributed by atoms with Crippen LogP contribution in [-0.4, -0.2) is 50.3 Å². The van der Waals surface area contributed by atoms with Crippen molar-refractivity contribution in [1.29, 1.82) is 0 Å². The number of hydrogen-bond donors (Lipinski definition) is 1. The van der Waals surface area contributed by atoms with Gasteiger partial charge in [-0.3, -0.25) is 15.0 Å². The summed E-state index contributed by atoms with van der Waals surface area (Å²) >= 11 is 5.86. The normalized spacial score (nSPS) is 24.2. The van der Waals surface area contributed by atoms with Gasteiger partial charge in [-0.25, -0.2) is 4.98 Å². The molecule has 0 amide bonds. The van der Waals surface area contributed by atoms with Crippen molar-refractivity contribution in [2.45, 2.75) is 25.1 Å². The van der Waals surface area contributed by atoms with E-state index in [1.165, 1.54) is 4.90 Å². The number of nitrogens with zero attached hydrogens (tertiary/aromatic N) is 4. The zero-order chi connectivity index (χ0) is 15.7. The first kappa shape index (κ1) is 15.1. The van der Waals surface area contributed by atoms with Crippen LogP contribution in [-0.2, 0) is 6.42 Å². The number of aliphatic hydroxyl groups is 1. The average Bonchev–Trinajstić information content (AvgIpc) is 2.78. The van der Waals surface area contributed by atoms with Crippen molar-refractivity contribution in [3.8, 4) is 0 Å². The molecule has 3 heterocycles. The predicted molar refractivity (Wildman–Crippen MR) is 80.5 cm³/mol. The largest absolute Gasteiger partial charge is 0.425 e. The molecule has 1 aromatic heterocycles. The Kier molecular flexibility index (Phi) is 3.92. The molecule has 2 aliphatic heterocycles. The highest BCUT2D eigenvalue weighted by atomic mass is 35.5. The van der Waals surface area contributed by atoms with E-state index < -0.39 is 10.8 Å². The molecule has 0 aliphatic carbocycles. The first-order valence-electron chi connectivity index (χ1n) is 7.22. The fraction of sp³-hybridized carbons (Fsp3) is 0.500. The van der Waals surface area contributed by atoms with Crippen LogP contribution in [0.5, 0.6) is 0 Å². The number of nitro groups is 1. The Morgan fingerprint density at radius 3 is 3.05 bits per heavy atom. The first-order chi connectivity index (χ1) is 10.5. The summed E-state index contributed by atoms with van der Waals surface area (Å²) in [5.41, 5.74) is 0.744. The highest BCUT2D eigenvalue weighted by molar-refractivity contribution is 6.29. The minimum atomic E-state index is -2.07. The molecule has 8 heteroatoms. The van der Waals surface area contributed by atoms with Crippen LogP contribution < -0.4 is 0 Å². The highest BCUT2D eigenvalue weighted by Crippen LogP contribution is 2.34. The lowest BCUT2D eigenvalue weighted by atomic mass is 10.2. The maximum Gasteiger partial charge on any atom is 0.425 e. The summed E-state index contributed by atoms with van der Waals surface area (Å²) in [6.07, 6.45) is 4.24. The molecule has 118 valence electrons. The van der Waals surface area contributed by atoms with Crippen molar-refractivity contribution in [2.75, 3.05) is 19.6 Å². The SMILES string of the molecule is O=[N+]([O-])C1(O)CN2CCCC=C2N1CCc1cccc(Cl)n1.